The Bertz CT molecular complexity index is 1160. The molecule has 0 aliphatic carbocycles. The van der Waals surface area contributed by atoms with Gasteiger partial charge in [0, 0.05) is 23.6 Å². The number of ether oxygens (including phenoxy) is 5. The largest absolute Gasteiger partial charge is 0.497 e. The fourth-order valence-electron chi connectivity index (χ4n) is 3.99. The SMILES string of the molecule is COC(=O)C[C@H](c1cc(OC)c2c(c1)OCCO2)c1c(Cc2ccc(OC)cc2)[nH][nH]c1=O. The molecule has 9 nitrogen and oxygen atoms in total. The summed E-state index contributed by atoms with van der Waals surface area (Å²) in [5.41, 5.74) is 2.48. The zero-order chi connectivity index (χ0) is 23.4. The van der Waals surface area contributed by atoms with Crippen LogP contribution in [-0.4, -0.2) is 50.7 Å². The van der Waals surface area contributed by atoms with E-state index < -0.39 is 11.9 Å². The van der Waals surface area contributed by atoms with Gasteiger partial charge in [0.2, 0.25) is 5.75 Å². The van der Waals surface area contributed by atoms with Crippen molar-refractivity contribution in [3.05, 3.63) is 69.1 Å². The molecule has 0 saturated heterocycles. The number of H-pyrrole nitrogens is 2. The molecule has 2 aromatic carbocycles. The van der Waals surface area contributed by atoms with E-state index in [2.05, 4.69) is 10.2 Å². The number of aromatic nitrogens is 2. The van der Waals surface area contributed by atoms with Crippen molar-refractivity contribution >= 4 is 5.97 Å². The van der Waals surface area contributed by atoms with Crippen LogP contribution in [0.15, 0.2) is 41.2 Å². The Morgan fingerprint density at radius 2 is 1.79 bits per heavy atom. The predicted molar refractivity (Wildman–Crippen MR) is 120 cm³/mol. The maximum absolute atomic E-state index is 12.9. The Morgan fingerprint density at radius 1 is 1.03 bits per heavy atom. The summed E-state index contributed by atoms with van der Waals surface area (Å²) in [5, 5.41) is 5.64. The lowest BCUT2D eigenvalue weighted by molar-refractivity contribution is -0.140. The summed E-state index contributed by atoms with van der Waals surface area (Å²) in [7, 11) is 4.46. The molecule has 0 unspecified atom stereocenters. The van der Waals surface area contributed by atoms with Crippen molar-refractivity contribution in [2.75, 3.05) is 34.5 Å². The van der Waals surface area contributed by atoms with Crippen molar-refractivity contribution in [2.45, 2.75) is 18.8 Å². The third-order valence-corrected chi connectivity index (χ3v) is 5.64. The minimum absolute atomic E-state index is 0.0319. The van der Waals surface area contributed by atoms with Crippen LogP contribution in [0, 0.1) is 0 Å². The number of nitrogens with one attached hydrogen (secondary N) is 2. The van der Waals surface area contributed by atoms with Gasteiger partial charge in [0.05, 0.1) is 27.8 Å². The van der Waals surface area contributed by atoms with Gasteiger partial charge < -0.3 is 28.8 Å². The number of aromatic amines is 2. The number of hydrogen-bond donors (Lipinski definition) is 2. The summed E-state index contributed by atoms with van der Waals surface area (Å²) in [6.45, 7) is 0.812. The van der Waals surface area contributed by atoms with Crippen LogP contribution in [0.2, 0.25) is 0 Å². The van der Waals surface area contributed by atoms with E-state index in [-0.39, 0.29) is 12.0 Å². The summed E-state index contributed by atoms with van der Waals surface area (Å²) in [6, 6.07) is 11.1. The average Bonchev–Trinajstić information content (AvgIpc) is 3.21. The van der Waals surface area contributed by atoms with Gasteiger partial charge in [-0.05, 0) is 35.4 Å². The molecule has 0 radical (unpaired) electrons. The highest BCUT2D eigenvalue weighted by Gasteiger charge is 2.29. The van der Waals surface area contributed by atoms with E-state index in [0.717, 1.165) is 11.3 Å². The van der Waals surface area contributed by atoms with Crippen LogP contribution in [0.5, 0.6) is 23.0 Å². The Balaban J connectivity index is 1.78. The molecule has 4 rings (SSSR count). The topological polar surface area (TPSA) is 112 Å². The van der Waals surface area contributed by atoms with Crippen LogP contribution in [0.3, 0.4) is 0 Å². The quantitative estimate of drug-likeness (QED) is 0.504. The lowest BCUT2D eigenvalue weighted by Gasteiger charge is -2.24. The first-order valence-corrected chi connectivity index (χ1v) is 10.5. The number of fused-ring (bicyclic) bond motifs is 1. The number of carbonyl (C=O) groups is 1. The highest BCUT2D eigenvalue weighted by Crippen LogP contribution is 2.43. The molecular formula is C24H26N2O7. The number of carbonyl (C=O) groups excluding carboxylic acids is 1. The van der Waals surface area contributed by atoms with Gasteiger partial charge >= 0.3 is 5.97 Å². The van der Waals surface area contributed by atoms with E-state index in [4.69, 9.17) is 23.7 Å². The lowest BCUT2D eigenvalue weighted by Crippen LogP contribution is -2.20. The molecule has 0 bridgehead atoms. The molecule has 174 valence electrons. The number of hydrogen-bond acceptors (Lipinski definition) is 7. The average molecular weight is 454 g/mol. The molecule has 1 aromatic heterocycles. The van der Waals surface area contributed by atoms with Gasteiger partial charge in [-0.2, -0.15) is 0 Å². The first-order chi connectivity index (χ1) is 16.0. The highest BCUT2D eigenvalue weighted by molar-refractivity contribution is 5.72. The van der Waals surface area contributed by atoms with Gasteiger partial charge in [-0.3, -0.25) is 14.7 Å². The van der Waals surface area contributed by atoms with Crippen LogP contribution in [0.1, 0.15) is 34.7 Å². The van der Waals surface area contributed by atoms with Crippen LogP contribution in [-0.2, 0) is 16.0 Å². The Hall–Kier alpha value is -3.88. The number of benzene rings is 2. The zero-order valence-corrected chi connectivity index (χ0v) is 18.7. The monoisotopic (exact) mass is 454 g/mol. The molecule has 2 heterocycles. The molecule has 0 amide bonds. The van der Waals surface area contributed by atoms with Gasteiger partial charge in [-0.25, -0.2) is 0 Å². The zero-order valence-electron chi connectivity index (χ0n) is 18.7. The van der Waals surface area contributed by atoms with E-state index in [1.165, 1.54) is 14.2 Å². The molecule has 2 N–H and O–H groups in total. The highest BCUT2D eigenvalue weighted by atomic mass is 16.6. The first-order valence-electron chi connectivity index (χ1n) is 10.5. The normalized spacial score (nSPS) is 13.3. The lowest BCUT2D eigenvalue weighted by atomic mass is 9.87. The molecule has 3 aromatic rings. The predicted octanol–water partition coefficient (Wildman–Crippen LogP) is 2.78. The molecule has 9 heteroatoms. The van der Waals surface area contributed by atoms with Crippen LogP contribution in [0.4, 0.5) is 0 Å². The fourth-order valence-corrected chi connectivity index (χ4v) is 3.99. The summed E-state index contributed by atoms with van der Waals surface area (Å²) in [5.74, 6) is 1.20. The van der Waals surface area contributed by atoms with E-state index in [1.54, 1.807) is 19.2 Å². The minimum Gasteiger partial charge on any atom is -0.497 e. The standard InChI is InChI=1S/C24H26N2O7/c1-29-16-6-4-14(5-7-16)10-18-22(24(28)26-25-18)17(13-21(27)31-3)15-11-19(30-2)23-20(12-15)32-8-9-33-23/h4-7,11-12,17H,8-10,13H2,1-3H3,(H2,25,26,28)/t17-/m1/s1. The number of methoxy groups -OCH3 is 3. The first kappa shape index (κ1) is 22.3. The van der Waals surface area contributed by atoms with Gasteiger partial charge in [0.15, 0.2) is 11.5 Å². The van der Waals surface area contributed by atoms with Crippen molar-refractivity contribution < 1.29 is 28.5 Å². The summed E-state index contributed by atoms with van der Waals surface area (Å²) in [6.07, 6.45) is 0.424. The van der Waals surface area contributed by atoms with Crippen molar-refractivity contribution in [2.24, 2.45) is 0 Å². The third kappa shape index (κ3) is 4.67. The van der Waals surface area contributed by atoms with Gasteiger partial charge in [0.1, 0.15) is 19.0 Å². The van der Waals surface area contributed by atoms with Gasteiger partial charge in [-0.1, -0.05) is 12.1 Å². The van der Waals surface area contributed by atoms with Gasteiger partial charge in [0.25, 0.3) is 5.56 Å². The Labute approximate surface area is 190 Å². The Kier molecular flexibility index (Phi) is 6.58. The molecule has 1 atom stereocenters. The second kappa shape index (κ2) is 9.72. The van der Waals surface area contributed by atoms with E-state index in [1.807, 2.05) is 24.3 Å². The number of rotatable bonds is 8. The molecule has 33 heavy (non-hydrogen) atoms. The maximum Gasteiger partial charge on any atom is 0.306 e. The smallest absolute Gasteiger partial charge is 0.306 e. The fraction of sp³-hybridized carbons (Fsp3) is 0.333. The maximum atomic E-state index is 12.9. The van der Waals surface area contributed by atoms with Crippen LogP contribution >= 0.6 is 0 Å². The minimum atomic E-state index is -0.592. The van der Waals surface area contributed by atoms with Crippen molar-refractivity contribution in [1.82, 2.24) is 10.2 Å². The molecule has 0 spiro atoms. The molecular weight excluding hydrogens is 428 g/mol. The number of esters is 1. The molecule has 1 aliphatic rings. The van der Waals surface area contributed by atoms with E-state index in [9.17, 15) is 9.59 Å². The molecule has 1 aliphatic heterocycles. The van der Waals surface area contributed by atoms with E-state index >= 15 is 0 Å². The van der Waals surface area contributed by atoms with Crippen molar-refractivity contribution in [1.29, 1.82) is 0 Å². The second-order valence-corrected chi connectivity index (χ2v) is 7.58. The molecule has 0 saturated carbocycles. The third-order valence-electron chi connectivity index (χ3n) is 5.64. The summed E-state index contributed by atoms with van der Waals surface area (Å²) >= 11 is 0. The summed E-state index contributed by atoms with van der Waals surface area (Å²) < 4.78 is 27.1. The van der Waals surface area contributed by atoms with Crippen LogP contribution in [0.25, 0.3) is 0 Å². The van der Waals surface area contributed by atoms with E-state index in [0.29, 0.717) is 53.7 Å². The molecule has 0 fully saturated rings. The second-order valence-electron chi connectivity index (χ2n) is 7.58. The van der Waals surface area contributed by atoms with Crippen molar-refractivity contribution in [3.8, 4) is 23.0 Å². The summed E-state index contributed by atoms with van der Waals surface area (Å²) in [4.78, 5) is 25.3. The van der Waals surface area contributed by atoms with Crippen LogP contribution < -0.4 is 24.5 Å². The van der Waals surface area contributed by atoms with Crippen molar-refractivity contribution in [3.63, 3.8) is 0 Å². The Morgan fingerprint density at radius 3 is 2.48 bits per heavy atom. The van der Waals surface area contributed by atoms with Gasteiger partial charge in [-0.15, -0.1) is 0 Å².